The predicted molar refractivity (Wildman–Crippen MR) is 290 cm³/mol. The van der Waals surface area contributed by atoms with Crippen molar-refractivity contribution >= 4 is 71.2 Å². The highest BCUT2D eigenvalue weighted by molar-refractivity contribution is 6.22. The largest absolute Gasteiger partial charge is 0.310 e. The van der Waals surface area contributed by atoms with Gasteiger partial charge >= 0.3 is 0 Å². The lowest BCUT2D eigenvalue weighted by Gasteiger charge is -2.29. The Morgan fingerprint density at radius 2 is 0.794 bits per heavy atom. The molecule has 0 bridgehead atoms. The molecule has 0 spiro atoms. The molecular weight excluding hydrogens is 821 g/mol. The maximum atomic E-state index is 2.48. The van der Waals surface area contributed by atoms with E-state index in [9.17, 15) is 0 Å². The lowest BCUT2D eigenvalue weighted by Crippen LogP contribution is -2.11. The maximum absolute atomic E-state index is 2.48. The molecule has 2 nitrogen and oxygen atoms in total. The minimum Gasteiger partial charge on any atom is -0.310 e. The number of anilines is 3. The van der Waals surface area contributed by atoms with Crippen LogP contribution >= 0.6 is 0 Å². The van der Waals surface area contributed by atoms with Crippen LogP contribution in [0.2, 0.25) is 0 Å². The fraction of sp³-hybridized carbons (Fsp3) is 0. The summed E-state index contributed by atoms with van der Waals surface area (Å²) < 4.78 is 2.41. The van der Waals surface area contributed by atoms with Crippen LogP contribution in [0.15, 0.2) is 267 Å². The first-order valence-electron chi connectivity index (χ1n) is 23.4. The summed E-state index contributed by atoms with van der Waals surface area (Å²) in [4.78, 5) is 2.48. The first-order chi connectivity index (χ1) is 33.8. The van der Waals surface area contributed by atoms with Gasteiger partial charge in [-0.05, 0) is 126 Å². The molecule has 0 saturated heterocycles. The highest BCUT2D eigenvalue weighted by Gasteiger charge is 2.24. The molecule has 0 radical (unpaired) electrons. The Bertz CT molecular complexity index is 4000. The second-order valence-electron chi connectivity index (χ2n) is 17.6. The van der Waals surface area contributed by atoms with Gasteiger partial charge in [0, 0.05) is 33.4 Å². The van der Waals surface area contributed by atoms with Crippen LogP contribution < -0.4 is 4.90 Å². The monoisotopic (exact) mass is 864 g/mol. The molecule has 0 atom stereocenters. The number of fused-ring (bicyclic) bond motifs is 7. The highest BCUT2D eigenvalue weighted by atomic mass is 15.1. The summed E-state index contributed by atoms with van der Waals surface area (Å²) in [6.07, 6.45) is 0. The lowest BCUT2D eigenvalue weighted by atomic mass is 9.85. The van der Waals surface area contributed by atoms with Gasteiger partial charge in [0.05, 0.1) is 16.7 Å². The Hall–Kier alpha value is -8.98. The predicted octanol–water partition coefficient (Wildman–Crippen LogP) is 18.4. The normalized spacial score (nSPS) is 11.5. The van der Waals surface area contributed by atoms with Crippen LogP contribution in [0.4, 0.5) is 17.1 Å². The van der Waals surface area contributed by atoms with Gasteiger partial charge in [-0.3, -0.25) is 0 Å². The summed E-state index contributed by atoms with van der Waals surface area (Å²) in [6, 6.07) is 97.6. The van der Waals surface area contributed by atoms with E-state index < -0.39 is 0 Å². The average molecular weight is 865 g/mol. The highest BCUT2D eigenvalue weighted by Crippen LogP contribution is 2.49. The third kappa shape index (κ3) is 6.49. The summed E-state index contributed by atoms with van der Waals surface area (Å²) in [6.45, 7) is 0. The van der Waals surface area contributed by atoms with Crippen LogP contribution in [-0.2, 0) is 0 Å². The van der Waals surface area contributed by atoms with Gasteiger partial charge < -0.3 is 9.47 Å². The fourth-order valence-corrected chi connectivity index (χ4v) is 10.8. The maximum Gasteiger partial charge on any atom is 0.0547 e. The van der Waals surface area contributed by atoms with Crippen molar-refractivity contribution in [2.24, 2.45) is 0 Å². The van der Waals surface area contributed by atoms with E-state index >= 15 is 0 Å². The van der Waals surface area contributed by atoms with Gasteiger partial charge in [-0.2, -0.15) is 0 Å². The van der Waals surface area contributed by atoms with Crippen molar-refractivity contribution in [3.05, 3.63) is 267 Å². The number of aromatic nitrogens is 1. The molecule has 0 aliphatic heterocycles. The molecule has 0 unspecified atom stereocenters. The molecule has 1 aromatic heterocycles. The average Bonchev–Trinajstić information content (AvgIpc) is 3.76. The zero-order valence-corrected chi connectivity index (χ0v) is 37.3. The van der Waals surface area contributed by atoms with E-state index in [1.165, 1.54) is 93.1 Å². The van der Waals surface area contributed by atoms with Crippen molar-refractivity contribution < 1.29 is 0 Å². The van der Waals surface area contributed by atoms with Crippen molar-refractivity contribution in [1.82, 2.24) is 4.57 Å². The van der Waals surface area contributed by atoms with Crippen LogP contribution in [-0.4, -0.2) is 4.57 Å². The standard InChI is InChI=1S/C66H44N2/c1-4-21-47(22-5-1)64-57-31-13-12-29-54(57)55-43-42-51(44-60(55)65(64)48-23-6-2-7-24-48)67(50-40-38-46(39-41-50)53-33-18-25-45-20-10-11-28-52(45)53)61-35-16-14-30-56(61)58-34-19-37-63-66(58)59-32-15-17-36-62(59)68(63)49-26-8-3-9-27-49/h1-44H. The molecule has 0 aliphatic carbocycles. The first-order valence-corrected chi connectivity index (χ1v) is 23.4. The van der Waals surface area contributed by atoms with Crippen molar-refractivity contribution in [1.29, 1.82) is 0 Å². The van der Waals surface area contributed by atoms with Gasteiger partial charge in [0.1, 0.15) is 0 Å². The molecule has 0 fully saturated rings. The third-order valence-electron chi connectivity index (χ3n) is 13.8. The molecule has 12 aromatic carbocycles. The Labute approximate surface area is 395 Å². The van der Waals surface area contributed by atoms with E-state index in [4.69, 9.17) is 0 Å². The minimum absolute atomic E-state index is 1.07. The molecule has 0 aliphatic rings. The van der Waals surface area contributed by atoms with Crippen LogP contribution in [0.1, 0.15) is 0 Å². The summed E-state index contributed by atoms with van der Waals surface area (Å²) in [5.41, 5.74) is 16.3. The summed E-state index contributed by atoms with van der Waals surface area (Å²) in [5.74, 6) is 0. The van der Waals surface area contributed by atoms with Crippen molar-refractivity contribution in [3.8, 4) is 50.2 Å². The van der Waals surface area contributed by atoms with Gasteiger partial charge in [0.2, 0.25) is 0 Å². The molecular formula is C66H44N2. The summed E-state index contributed by atoms with van der Waals surface area (Å²) in [5, 5.41) is 9.84. The molecule has 2 heteroatoms. The van der Waals surface area contributed by atoms with Gasteiger partial charge in [-0.25, -0.2) is 0 Å². The Kier molecular flexibility index (Phi) is 9.54. The van der Waals surface area contributed by atoms with E-state index in [-0.39, 0.29) is 0 Å². The summed E-state index contributed by atoms with van der Waals surface area (Å²) in [7, 11) is 0. The van der Waals surface area contributed by atoms with Gasteiger partial charge in [0.15, 0.2) is 0 Å². The van der Waals surface area contributed by atoms with Crippen LogP contribution in [0.5, 0.6) is 0 Å². The van der Waals surface area contributed by atoms with E-state index in [0.29, 0.717) is 0 Å². The second kappa shape index (κ2) is 16.5. The van der Waals surface area contributed by atoms with Crippen LogP contribution in [0, 0.1) is 0 Å². The van der Waals surface area contributed by atoms with Crippen molar-refractivity contribution in [3.63, 3.8) is 0 Å². The lowest BCUT2D eigenvalue weighted by molar-refractivity contribution is 1.18. The van der Waals surface area contributed by atoms with Gasteiger partial charge in [-0.15, -0.1) is 0 Å². The van der Waals surface area contributed by atoms with Gasteiger partial charge in [0.25, 0.3) is 0 Å². The molecule has 0 amide bonds. The van der Waals surface area contributed by atoms with E-state index in [1.807, 2.05) is 0 Å². The van der Waals surface area contributed by atoms with Crippen molar-refractivity contribution in [2.75, 3.05) is 4.90 Å². The Morgan fingerprint density at radius 1 is 0.279 bits per heavy atom. The quantitative estimate of drug-likeness (QED) is 0.138. The molecule has 13 rings (SSSR count). The number of nitrogens with zero attached hydrogens (tertiary/aromatic N) is 2. The third-order valence-corrected chi connectivity index (χ3v) is 13.8. The molecule has 1 heterocycles. The van der Waals surface area contributed by atoms with Crippen LogP contribution in [0.25, 0.3) is 104 Å². The summed E-state index contributed by atoms with van der Waals surface area (Å²) >= 11 is 0. The minimum atomic E-state index is 1.07. The SMILES string of the molecule is c1ccc(-c2c(-c3ccccc3)c3cc(N(c4ccc(-c5cccc6ccccc56)cc4)c4ccccc4-c4cccc5c4c4ccccc4n5-c4ccccc4)ccc3c3ccccc23)cc1. The fourth-order valence-electron chi connectivity index (χ4n) is 10.8. The Morgan fingerprint density at radius 3 is 1.56 bits per heavy atom. The van der Waals surface area contributed by atoms with Crippen LogP contribution in [0.3, 0.4) is 0 Å². The molecule has 318 valence electrons. The number of para-hydroxylation sites is 3. The molecule has 0 saturated carbocycles. The number of hydrogen-bond donors (Lipinski definition) is 0. The van der Waals surface area contributed by atoms with Crippen molar-refractivity contribution in [2.45, 2.75) is 0 Å². The number of benzene rings is 12. The molecule has 13 aromatic rings. The van der Waals surface area contributed by atoms with E-state index in [0.717, 1.165) is 28.3 Å². The topological polar surface area (TPSA) is 8.17 Å². The Balaban J connectivity index is 1.09. The van der Waals surface area contributed by atoms with E-state index in [1.54, 1.807) is 0 Å². The number of rotatable bonds is 8. The zero-order chi connectivity index (χ0) is 45.0. The zero-order valence-electron chi connectivity index (χ0n) is 37.3. The smallest absolute Gasteiger partial charge is 0.0547 e. The molecule has 68 heavy (non-hydrogen) atoms. The molecule has 0 N–H and O–H groups in total. The van der Waals surface area contributed by atoms with Gasteiger partial charge in [-0.1, -0.05) is 212 Å². The second-order valence-corrected chi connectivity index (χ2v) is 17.6. The first kappa shape index (κ1) is 39.4. The number of hydrogen-bond acceptors (Lipinski definition) is 1. The van der Waals surface area contributed by atoms with E-state index in [2.05, 4.69) is 276 Å².